The minimum Gasteiger partial charge on any atom is -0.264 e. The molecule has 0 bridgehead atoms. The second kappa shape index (κ2) is 4.58. The summed E-state index contributed by atoms with van der Waals surface area (Å²) < 4.78 is 33.4. The first-order valence-electron chi connectivity index (χ1n) is 4.85. The average molecular weight is 250 g/mol. The number of rotatable bonds is 5. The Kier molecular flexibility index (Phi) is 3.79. The van der Waals surface area contributed by atoms with Crippen LogP contribution in [0.3, 0.4) is 0 Å². The van der Waals surface area contributed by atoms with Crippen LogP contribution in [0.25, 0.3) is 0 Å². The van der Waals surface area contributed by atoms with Crippen molar-refractivity contribution >= 4 is 10.4 Å². The summed E-state index contributed by atoms with van der Waals surface area (Å²) in [4.78, 5) is 0. The molecule has 0 radical (unpaired) electrons. The van der Waals surface area contributed by atoms with Gasteiger partial charge >= 0.3 is 10.4 Å². The predicted octanol–water partition coefficient (Wildman–Crippen LogP) is 1.13. The fraction of sp³-hybridized carbons (Fsp3) is 0.750. The fourth-order valence-electron chi connectivity index (χ4n) is 1.19. The Balaban J connectivity index is 2.53. The summed E-state index contributed by atoms with van der Waals surface area (Å²) >= 11 is 0. The van der Waals surface area contributed by atoms with Gasteiger partial charge in [-0.3, -0.25) is 4.55 Å². The molecule has 0 aromatic rings. The SMILES string of the molecule is CC(C)C1=C[N+](C)(CCOS(=O)(=O)O)N=N1. The molecule has 1 atom stereocenters. The largest absolute Gasteiger partial charge is 0.397 e. The molecular formula is C8H16N3O4S+. The van der Waals surface area contributed by atoms with E-state index in [1.54, 1.807) is 7.05 Å². The van der Waals surface area contributed by atoms with Gasteiger partial charge in [0.15, 0.2) is 0 Å². The Bertz CT molecular complexity index is 415. The van der Waals surface area contributed by atoms with Crippen LogP contribution in [-0.4, -0.2) is 37.8 Å². The van der Waals surface area contributed by atoms with E-state index in [2.05, 4.69) is 14.5 Å². The molecule has 0 amide bonds. The molecule has 1 aliphatic rings. The van der Waals surface area contributed by atoms with Crippen molar-refractivity contribution in [3.05, 3.63) is 11.9 Å². The Labute approximate surface area is 94.9 Å². The Morgan fingerprint density at radius 3 is 2.62 bits per heavy atom. The monoisotopic (exact) mass is 250 g/mol. The standard InChI is InChI=1S/C8H15N3O4S/c1-7(2)8-6-11(3,10-9-8)4-5-15-16(12,13)14/h6-7H,4-5H2,1-3H3/p+1. The molecule has 1 unspecified atom stereocenters. The fourth-order valence-corrected chi connectivity index (χ4v) is 1.48. The van der Waals surface area contributed by atoms with Gasteiger partial charge in [-0.25, -0.2) is 4.18 Å². The second-order valence-corrected chi connectivity index (χ2v) is 5.18. The Morgan fingerprint density at radius 2 is 2.19 bits per heavy atom. The smallest absolute Gasteiger partial charge is 0.264 e. The molecule has 16 heavy (non-hydrogen) atoms. The molecule has 0 aromatic carbocycles. The van der Waals surface area contributed by atoms with Gasteiger partial charge in [-0.1, -0.05) is 19.0 Å². The normalized spacial score (nSPS) is 25.2. The zero-order valence-corrected chi connectivity index (χ0v) is 10.3. The molecule has 0 saturated carbocycles. The maximum atomic E-state index is 10.3. The molecular weight excluding hydrogens is 234 g/mol. The number of likely N-dealkylation sites (N-methyl/N-ethyl adjacent to an activating group) is 1. The van der Waals surface area contributed by atoms with Crippen molar-refractivity contribution in [2.45, 2.75) is 13.8 Å². The van der Waals surface area contributed by atoms with Crippen molar-refractivity contribution in [1.82, 2.24) is 0 Å². The molecule has 0 spiro atoms. The van der Waals surface area contributed by atoms with Gasteiger partial charge in [0.1, 0.15) is 25.0 Å². The number of nitrogens with zero attached hydrogens (tertiary/aromatic N) is 3. The zero-order chi connectivity index (χ0) is 12.4. The molecule has 1 heterocycles. The van der Waals surface area contributed by atoms with E-state index in [1.165, 1.54) is 0 Å². The Morgan fingerprint density at radius 1 is 1.56 bits per heavy atom. The highest BCUT2D eigenvalue weighted by atomic mass is 32.3. The van der Waals surface area contributed by atoms with E-state index in [4.69, 9.17) is 4.55 Å². The molecule has 1 aliphatic heterocycles. The third-order valence-corrected chi connectivity index (χ3v) is 2.61. The van der Waals surface area contributed by atoms with Gasteiger partial charge < -0.3 is 0 Å². The minimum absolute atomic E-state index is 0.128. The first kappa shape index (κ1) is 13.2. The lowest BCUT2D eigenvalue weighted by Gasteiger charge is -2.17. The van der Waals surface area contributed by atoms with Crippen LogP contribution in [0.1, 0.15) is 13.8 Å². The van der Waals surface area contributed by atoms with Gasteiger partial charge in [-0.15, -0.1) is 0 Å². The molecule has 92 valence electrons. The molecule has 7 nitrogen and oxygen atoms in total. The van der Waals surface area contributed by atoms with E-state index in [1.807, 2.05) is 20.0 Å². The summed E-state index contributed by atoms with van der Waals surface area (Å²) in [5.41, 5.74) is 0.856. The van der Waals surface area contributed by atoms with E-state index < -0.39 is 10.4 Å². The molecule has 0 aromatic heterocycles. The van der Waals surface area contributed by atoms with E-state index in [-0.39, 0.29) is 17.1 Å². The van der Waals surface area contributed by atoms with Crippen molar-refractivity contribution in [2.24, 2.45) is 16.3 Å². The van der Waals surface area contributed by atoms with Crippen LogP contribution in [0.5, 0.6) is 0 Å². The molecule has 0 fully saturated rings. The minimum atomic E-state index is -4.38. The summed E-state index contributed by atoms with van der Waals surface area (Å²) in [6.45, 7) is 4.14. The van der Waals surface area contributed by atoms with Gasteiger partial charge in [-0.2, -0.15) is 13.0 Å². The average Bonchev–Trinajstić information content (AvgIpc) is 2.46. The highest BCUT2D eigenvalue weighted by Gasteiger charge is 2.28. The van der Waals surface area contributed by atoms with E-state index in [0.29, 0.717) is 6.54 Å². The molecule has 0 aliphatic carbocycles. The lowest BCUT2D eigenvalue weighted by molar-refractivity contribution is -0.867. The summed E-state index contributed by atoms with van der Waals surface area (Å²) in [6, 6.07) is 0. The number of allylic oxidation sites excluding steroid dienone is 1. The van der Waals surface area contributed by atoms with E-state index in [0.717, 1.165) is 5.70 Å². The lowest BCUT2D eigenvalue weighted by atomic mass is 10.1. The van der Waals surface area contributed by atoms with Crippen molar-refractivity contribution in [2.75, 3.05) is 20.2 Å². The van der Waals surface area contributed by atoms with Gasteiger partial charge in [0, 0.05) is 11.1 Å². The first-order valence-corrected chi connectivity index (χ1v) is 6.21. The topological polar surface area (TPSA) is 88.3 Å². The molecule has 1 rings (SSSR count). The second-order valence-electron chi connectivity index (χ2n) is 4.09. The van der Waals surface area contributed by atoms with Crippen molar-refractivity contribution < 1.29 is 21.7 Å². The maximum absolute atomic E-state index is 10.3. The summed E-state index contributed by atoms with van der Waals surface area (Å²) in [5.74, 6) is 0.270. The van der Waals surface area contributed by atoms with Gasteiger partial charge in [0.25, 0.3) is 0 Å². The maximum Gasteiger partial charge on any atom is 0.397 e. The van der Waals surface area contributed by atoms with Crippen molar-refractivity contribution in [3.8, 4) is 0 Å². The summed E-state index contributed by atoms with van der Waals surface area (Å²) in [6.07, 6.45) is 1.83. The Hall–Kier alpha value is -0.830. The van der Waals surface area contributed by atoms with Crippen LogP contribution in [0.15, 0.2) is 22.2 Å². The third kappa shape index (κ3) is 3.97. The quantitative estimate of drug-likeness (QED) is 0.585. The molecule has 8 heteroatoms. The van der Waals surface area contributed by atoms with Crippen LogP contribution in [0.4, 0.5) is 0 Å². The highest BCUT2D eigenvalue weighted by molar-refractivity contribution is 7.80. The van der Waals surface area contributed by atoms with Crippen molar-refractivity contribution in [1.29, 1.82) is 0 Å². The summed E-state index contributed by atoms with van der Waals surface area (Å²) in [5, 5.41) is 8.00. The predicted molar refractivity (Wildman–Crippen MR) is 56.3 cm³/mol. The summed E-state index contributed by atoms with van der Waals surface area (Å²) in [7, 11) is -2.61. The van der Waals surface area contributed by atoms with E-state index in [9.17, 15) is 8.42 Å². The van der Waals surface area contributed by atoms with Crippen molar-refractivity contribution in [3.63, 3.8) is 0 Å². The number of hydrogen-bond donors (Lipinski definition) is 1. The van der Waals surface area contributed by atoms with Crippen LogP contribution in [0.2, 0.25) is 0 Å². The van der Waals surface area contributed by atoms with Gasteiger partial charge in [0.05, 0.1) is 7.05 Å². The third-order valence-electron chi connectivity index (χ3n) is 2.14. The van der Waals surface area contributed by atoms with Crippen LogP contribution in [0, 0.1) is 5.92 Å². The first-order chi connectivity index (χ1) is 7.22. The molecule has 1 N–H and O–H groups in total. The highest BCUT2D eigenvalue weighted by Crippen LogP contribution is 2.23. The zero-order valence-electron chi connectivity index (χ0n) is 9.49. The lowest BCUT2D eigenvalue weighted by Crippen LogP contribution is -2.34. The van der Waals surface area contributed by atoms with E-state index >= 15 is 0 Å². The van der Waals surface area contributed by atoms with Crippen LogP contribution < -0.4 is 0 Å². The number of quaternary nitrogens is 1. The van der Waals surface area contributed by atoms with Gasteiger partial charge in [0.2, 0.25) is 0 Å². The van der Waals surface area contributed by atoms with Crippen LogP contribution >= 0.6 is 0 Å². The molecule has 0 saturated heterocycles. The van der Waals surface area contributed by atoms with Gasteiger partial charge in [-0.05, 0) is 0 Å². The van der Waals surface area contributed by atoms with Crippen LogP contribution in [-0.2, 0) is 14.6 Å². The number of hydrogen-bond acceptors (Lipinski definition) is 5.